The van der Waals surface area contributed by atoms with E-state index in [1.54, 1.807) is 29.8 Å². The van der Waals surface area contributed by atoms with Crippen molar-refractivity contribution in [1.29, 1.82) is 0 Å². The Balaban J connectivity index is 1.75. The zero-order valence-electron chi connectivity index (χ0n) is 17.6. The highest BCUT2D eigenvalue weighted by Crippen LogP contribution is 2.29. The van der Waals surface area contributed by atoms with Gasteiger partial charge in [0.05, 0.1) is 35.1 Å². The molecule has 3 heterocycles. The summed E-state index contributed by atoms with van der Waals surface area (Å²) < 4.78 is 12.4. The first-order valence-electron chi connectivity index (χ1n) is 9.53. The minimum Gasteiger partial charge on any atom is -0.497 e. The summed E-state index contributed by atoms with van der Waals surface area (Å²) >= 11 is 0. The van der Waals surface area contributed by atoms with Gasteiger partial charge in [-0.3, -0.25) is 9.48 Å². The summed E-state index contributed by atoms with van der Waals surface area (Å²) in [6, 6.07) is 9.29. The number of pyridine rings is 1. The molecule has 0 saturated carbocycles. The second-order valence-electron chi connectivity index (χ2n) is 7.31. The molecule has 8 heteroatoms. The number of nitrogens with zero attached hydrogens (tertiary/aromatic N) is 5. The Morgan fingerprint density at radius 3 is 2.57 bits per heavy atom. The maximum absolute atomic E-state index is 13.4. The van der Waals surface area contributed by atoms with Crippen LogP contribution in [0.2, 0.25) is 0 Å². The highest BCUT2D eigenvalue weighted by molar-refractivity contribution is 6.06. The summed E-state index contributed by atoms with van der Waals surface area (Å²) in [5, 5.41) is 9.00. The molecule has 0 unspecified atom stereocenters. The Bertz CT molecular complexity index is 1220. The van der Waals surface area contributed by atoms with E-state index < -0.39 is 0 Å². The van der Waals surface area contributed by atoms with Crippen LogP contribution in [0.4, 0.5) is 0 Å². The van der Waals surface area contributed by atoms with Gasteiger partial charge in [0.1, 0.15) is 5.75 Å². The first kappa shape index (κ1) is 19.6. The fourth-order valence-electron chi connectivity index (χ4n) is 3.51. The van der Waals surface area contributed by atoms with Crippen molar-refractivity contribution in [2.75, 3.05) is 14.2 Å². The van der Waals surface area contributed by atoms with Crippen molar-refractivity contribution in [2.24, 2.45) is 7.05 Å². The molecule has 1 amide bonds. The van der Waals surface area contributed by atoms with E-state index in [1.807, 2.05) is 51.4 Å². The second kappa shape index (κ2) is 7.62. The summed E-state index contributed by atoms with van der Waals surface area (Å²) in [6.07, 6.45) is 1.93. The van der Waals surface area contributed by atoms with E-state index in [4.69, 9.17) is 9.26 Å². The molecule has 0 aliphatic rings. The number of rotatable bonds is 5. The van der Waals surface area contributed by atoms with E-state index in [2.05, 4.69) is 15.2 Å². The molecular formula is C22H23N5O3. The van der Waals surface area contributed by atoms with Crippen LogP contribution in [0.3, 0.4) is 0 Å². The third-order valence-electron chi connectivity index (χ3n) is 5.10. The van der Waals surface area contributed by atoms with Crippen molar-refractivity contribution in [3.63, 3.8) is 0 Å². The molecule has 0 N–H and O–H groups in total. The van der Waals surface area contributed by atoms with Gasteiger partial charge in [-0.15, -0.1) is 0 Å². The zero-order chi connectivity index (χ0) is 21.4. The molecule has 0 spiro atoms. The Morgan fingerprint density at radius 1 is 1.20 bits per heavy atom. The van der Waals surface area contributed by atoms with Crippen molar-refractivity contribution >= 4 is 17.0 Å². The van der Waals surface area contributed by atoms with Gasteiger partial charge in [0, 0.05) is 38.0 Å². The van der Waals surface area contributed by atoms with Crippen molar-refractivity contribution in [1.82, 2.24) is 24.8 Å². The van der Waals surface area contributed by atoms with Crippen LogP contribution < -0.4 is 4.74 Å². The molecule has 0 aliphatic heterocycles. The number of benzene rings is 1. The number of hydrogen-bond donors (Lipinski definition) is 0. The van der Waals surface area contributed by atoms with Gasteiger partial charge in [0.25, 0.3) is 11.6 Å². The van der Waals surface area contributed by atoms with E-state index in [1.165, 1.54) is 0 Å². The molecule has 30 heavy (non-hydrogen) atoms. The average Bonchev–Trinajstić information content (AvgIpc) is 3.27. The monoisotopic (exact) mass is 405 g/mol. The summed E-state index contributed by atoms with van der Waals surface area (Å²) in [6.45, 7) is 4.19. The minimum absolute atomic E-state index is 0.133. The summed E-state index contributed by atoms with van der Waals surface area (Å²) in [7, 11) is 5.26. The number of methoxy groups -OCH3 is 1. The maximum Gasteiger partial charge on any atom is 0.259 e. The quantitative estimate of drug-likeness (QED) is 0.505. The van der Waals surface area contributed by atoms with Crippen LogP contribution in [0.15, 0.2) is 41.1 Å². The Labute approximate surface area is 174 Å². The normalized spacial score (nSPS) is 11.1. The predicted molar refractivity (Wildman–Crippen MR) is 112 cm³/mol. The Hall–Kier alpha value is -3.68. The smallest absolute Gasteiger partial charge is 0.259 e. The van der Waals surface area contributed by atoms with Gasteiger partial charge in [0.15, 0.2) is 0 Å². The highest BCUT2D eigenvalue weighted by atomic mass is 16.5. The van der Waals surface area contributed by atoms with Crippen LogP contribution in [0, 0.1) is 13.8 Å². The van der Waals surface area contributed by atoms with Gasteiger partial charge in [0.2, 0.25) is 0 Å². The molecule has 0 saturated heterocycles. The molecule has 8 nitrogen and oxygen atoms in total. The van der Waals surface area contributed by atoms with Crippen LogP contribution >= 0.6 is 0 Å². The minimum atomic E-state index is -0.133. The zero-order valence-corrected chi connectivity index (χ0v) is 17.6. The van der Waals surface area contributed by atoms with Crippen molar-refractivity contribution in [2.45, 2.75) is 20.4 Å². The predicted octanol–water partition coefficient (Wildman–Crippen LogP) is 3.52. The van der Waals surface area contributed by atoms with Crippen molar-refractivity contribution in [3.8, 4) is 17.0 Å². The summed E-state index contributed by atoms with van der Waals surface area (Å²) in [4.78, 5) is 19.6. The largest absolute Gasteiger partial charge is 0.497 e. The van der Waals surface area contributed by atoms with E-state index in [0.29, 0.717) is 34.6 Å². The van der Waals surface area contributed by atoms with Crippen LogP contribution in [0.1, 0.15) is 27.3 Å². The van der Waals surface area contributed by atoms with Gasteiger partial charge >= 0.3 is 0 Å². The number of amides is 1. The molecule has 154 valence electrons. The average molecular weight is 405 g/mol. The molecule has 0 fully saturated rings. The second-order valence-corrected chi connectivity index (χ2v) is 7.31. The molecule has 1 aromatic carbocycles. The SMILES string of the molecule is COc1ccc(-c2cc(C(=O)N(C)Cc3cn(C)nc3C)c3c(C)noc3n2)cc1. The number of carbonyl (C=O) groups is 1. The van der Waals surface area contributed by atoms with Gasteiger partial charge in [-0.05, 0) is 44.2 Å². The summed E-state index contributed by atoms with van der Waals surface area (Å²) in [5.41, 5.74) is 4.87. The number of aryl methyl sites for hydroxylation is 3. The molecule has 0 radical (unpaired) electrons. The first-order valence-corrected chi connectivity index (χ1v) is 9.53. The third-order valence-corrected chi connectivity index (χ3v) is 5.10. The van der Waals surface area contributed by atoms with Gasteiger partial charge in [-0.1, -0.05) is 5.16 Å². The highest BCUT2D eigenvalue weighted by Gasteiger charge is 2.22. The van der Waals surface area contributed by atoms with Crippen molar-refractivity contribution < 1.29 is 14.1 Å². The number of ether oxygens (including phenoxy) is 1. The molecule has 0 aliphatic carbocycles. The fraction of sp³-hybridized carbons (Fsp3) is 0.273. The number of carbonyl (C=O) groups excluding carboxylic acids is 1. The Morgan fingerprint density at radius 2 is 1.93 bits per heavy atom. The lowest BCUT2D eigenvalue weighted by Crippen LogP contribution is -2.26. The first-order chi connectivity index (χ1) is 14.4. The van der Waals surface area contributed by atoms with Crippen LogP contribution in [0.5, 0.6) is 5.75 Å². The van der Waals surface area contributed by atoms with Crippen molar-refractivity contribution in [3.05, 3.63) is 59.0 Å². The third kappa shape index (κ3) is 3.52. The molecule has 4 aromatic rings. The molecule has 0 bridgehead atoms. The molecule has 3 aromatic heterocycles. The van der Waals surface area contributed by atoms with Gasteiger partial charge in [-0.25, -0.2) is 4.98 Å². The van der Waals surface area contributed by atoms with E-state index in [-0.39, 0.29) is 5.91 Å². The van der Waals surface area contributed by atoms with E-state index in [0.717, 1.165) is 22.6 Å². The van der Waals surface area contributed by atoms with Gasteiger partial charge in [-0.2, -0.15) is 5.10 Å². The van der Waals surface area contributed by atoms with Crippen LogP contribution in [-0.2, 0) is 13.6 Å². The molecule has 4 rings (SSSR count). The molecule has 0 atom stereocenters. The Kier molecular flexibility index (Phi) is 4.99. The topological polar surface area (TPSA) is 86.3 Å². The molecular weight excluding hydrogens is 382 g/mol. The lowest BCUT2D eigenvalue weighted by molar-refractivity contribution is 0.0786. The summed E-state index contributed by atoms with van der Waals surface area (Å²) in [5.74, 6) is 0.616. The van der Waals surface area contributed by atoms with Gasteiger partial charge < -0.3 is 14.2 Å². The maximum atomic E-state index is 13.4. The van der Waals surface area contributed by atoms with E-state index >= 15 is 0 Å². The number of fused-ring (bicyclic) bond motifs is 1. The standard InChI is InChI=1S/C22H23N5O3/c1-13-16(12-27(4)24-13)11-26(3)22(28)18-10-19(15-6-8-17(29-5)9-7-15)23-21-20(18)14(2)25-30-21/h6-10,12H,11H2,1-5H3. The number of aromatic nitrogens is 4. The van der Waals surface area contributed by atoms with E-state index in [9.17, 15) is 4.79 Å². The van der Waals surface area contributed by atoms with Crippen LogP contribution in [-0.4, -0.2) is 44.9 Å². The van der Waals surface area contributed by atoms with Crippen LogP contribution in [0.25, 0.3) is 22.4 Å². The number of hydrogen-bond acceptors (Lipinski definition) is 6. The lowest BCUT2D eigenvalue weighted by atomic mass is 10.0. The fourth-order valence-corrected chi connectivity index (χ4v) is 3.51. The lowest BCUT2D eigenvalue weighted by Gasteiger charge is -2.18.